The van der Waals surface area contributed by atoms with Crippen LogP contribution in [0.1, 0.15) is 45.4 Å². The van der Waals surface area contributed by atoms with Gasteiger partial charge in [-0.1, -0.05) is 19.8 Å². The number of carbonyl (C=O) groups excluding carboxylic acids is 1. The van der Waals surface area contributed by atoms with E-state index in [-0.39, 0.29) is 12.5 Å². The zero-order chi connectivity index (χ0) is 11.1. The van der Waals surface area contributed by atoms with Gasteiger partial charge in [0.25, 0.3) is 0 Å². The van der Waals surface area contributed by atoms with Crippen LogP contribution in [-0.2, 0) is 4.79 Å². The number of aliphatic hydroxyl groups is 1. The van der Waals surface area contributed by atoms with Crippen molar-refractivity contribution in [2.75, 3.05) is 13.2 Å². The summed E-state index contributed by atoms with van der Waals surface area (Å²) in [5, 5.41) is 11.4. The van der Waals surface area contributed by atoms with Crippen LogP contribution in [0.5, 0.6) is 0 Å². The van der Waals surface area contributed by atoms with Gasteiger partial charge in [0.1, 0.15) is 0 Å². The maximum absolute atomic E-state index is 11.5. The number of aliphatic hydroxyl groups excluding tert-OH is 1. The van der Waals surface area contributed by atoms with Crippen molar-refractivity contribution in [1.29, 1.82) is 0 Å². The summed E-state index contributed by atoms with van der Waals surface area (Å²) in [6, 6.07) is 0. The topological polar surface area (TPSA) is 49.3 Å². The second-order valence-corrected chi connectivity index (χ2v) is 4.77. The average molecular weight is 213 g/mol. The first-order valence-corrected chi connectivity index (χ1v) is 6.10. The van der Waals surface area contributed by atoms with Gasteiger partial charge in [-0.2, -0.15) is 0 Å². The third-order valence-electron chi connectivity index (χ3n) is 3.18. The van der Waals surface area contributed by atoms with Gasteiger partial charge in [0.2, 0.25) is 5.91 Å². The molecule has 0 aromatic heterocycles. The van der Waals surface area contributed by atoms with Crippen molar-refractivity contribution in [1.82, 2.24) is 5.32 Å². The van der Waals surface area contributed by atoms with Crippen LogP contribution < -0.4 is 5.32 Å². The first-order chi connectivity index (χ1) is 7.22. The van der Waals surface area contributed by atoms with Crippen molar-refractivity contribution < 1.29 is 9.90 Å². The number of carbonyl (C=O) groups is 1. The molecule has 3 nitrogen and oxygen atoms in total. The third-order valence-corrected chi connectivity index (χ3v) is 3.18. The van der Waals surface area contributed by atoms with Crippen molar-refractivity contribution in [3.05, 3.63) is 0 Å². The summed E-state index contributed by atoms with van der Waals surface area (Å²) in [4.78, 5) is 11.5. The largest absolute Gasteiger partial charge is 0.396 e. The van der Waals surface area contributed by atoms with Gasteiger partial charge in [0.15, 0.2) is 0 Å². The highest BCUT2D eigenvalue weighted by Crippen LogP contribution is 2.30. The average Bonchev–Trinajstić information content (AvgIpc) is 2.18. The summed E-state index contributed by atoms with van der Waals surface area (Å²) in [5.41, 5.74) is 0. The molecular formula is C12H23NO2. The standard InChI is InChI=1S/C12H23NO2/c1-10-4-2-5-11(8-10)9-12(15)13-6-3-7-14/h10-11,14H,2-9H2,1H3,(H,13,15). The number of rotatable bonds is 5. The van der Waals surface area contributed by atoms with E-state index >= 15 is 0 Å². The Kier molecular flexibility index (Phi) is 5.69. The Bertz CT molecular complexity index is 194. The summed E-state index contributed by atoms with van der Waals surface area (Å²) in [5.74, 6) is 1.53. The van der Waals surface area contributed by atoms with E-state index in [4.69, 9.17) is 5.11 Å². The minimum absolute atomic E-state index is 0.154. The molecule has 1 saturated carbocycles. The fourth-order valence-electron chi connectivity index (χ4n) is 2.39. The molecule has 0 radical (unpaired) electrons. The minimum Gasteiger partial charge on any atom is -0.396 e. The number of nitrogens with one attached hydrogen (secondary N) is 1. The molecule has 2 N–H and O–H groups in total. The fraction of sp³-hybridized carbons (Fsp3) is 0.917. The van der Waals surface area contributed by atoms with E-state index in [1.807, 2.05) is 0 Å². The maximum atomic E-state index is 11.5. The molecule has 2 atom stereocenters. The van der Waals surface area contributed by atoms with Crippen molar-refractivity contribution in [2.24, 2.45) is 11.8 Å². The number of hydrogen-bond donors (Lipinski definition) is 2. The van der Waals surface area contributed by atoms with Gasteiger partial charge in [-0.3, -0.25) is 4.79 Å². The van der Waals surface area contributed by atoms with Gasteiger partial charge in [0.05, 0.1) is 0 Å². The minimum atomic E-state index is 0.154. The van der Waals surface area contributed by atoms with Crippen LogP contribution in [0, 0.1) is 11.8 Å². The van der Waals surface area contributed by atoms with Crippen LogP contribution in [0.2, 0.25) is 0 Å². The van der Waals surface area contributed by atoms with E-state index in [1.165, 1.54) is 25.7 Å². The molecule has 0 aliphatic heterocycles. The van der Waals surface area contributed by atoms with Crippen LogP contribution in [0.3, 0.4) is 0 Å². The van der Waals surface area contributed by atoms with E-state index < -0.39 is 0 Å². The SMILES string of the molecule is CC1CCCC(CC(=O)NCCCO)C1. The second kappa shape index (κ2) is 6.83. The molecule has 0 spiro atoms. The maximum Gasteiger partial charge on any atom is 0.220 e. The Labute approximate surface area is 92.3 Å². The molecule has 1 rings (SSSR count). The molecule has 1 fully saturated rings. The first kappa shape index (κ1) is 12.5. The van der Waals surface area contributed by atoms with Gasteiger partial charge in [-0.05, 0) is 31.1 Å². The lowest BCUT2D eigenvalue weighted by Gasteiger charge is -2.26. The van der Waals surface area contributed by atoms with Gasteiger partial charge < -0.3 is 10.4 Å². The lowest BCUT2D eigenvalue weighted by atomic mass is 9.81. The van der Waals surface area contributed by atoms with E-state index in [0.717, 1.165) is 5.92 Å². The molecule has 15 heavy (non-hydrogen) atoms. The molecule has 88 valence electrons. The van der Waals surface area contributed by atoms with Crippen molar-refractivity contribution in [3.8, 4) is 0 Å². The molecule has 0 bridgehead atoms. The molecule has 0 saturated heterocycles. The molecule has 0 heterocycles. The Morgan fingerprint density at radius 3 is 2.93 bits per heavy atom. The van der Waals surface area contributed by atoms with Crippen LogP contribution >= 0.6 is 0 Å². The van der Waals surface area contributed by atoms with Gasteiger partial charge in [0, 0.05) is 19.6 Å². The van der Waals surface area contributed by atoms with E-state index in [9.17, 15) is 4.79 Å². The highest BCUT2D eigenvalue weighted by molar-refractivity contribution is 5.76. The Balaban J connectivity index is 2.13. The highest BCUT2D eigenvalue weighted by Gasteiger charge is 2.20. The Morgan fingerprint density at radius 2 is 2.27 bits per heavy atom. The molecule has 1 amide bonds. The molecule has 2 unspecified atom stereocenters. The van der Waals surface area contributed by atoms with E-state index in [2.05, 4.69) is 12.2 Å². The fourth-order valence-corrected chi connectivity index (χ4v) is 2.39. The smallest absolute Gasteiger partial charge is 0.220 e. The van der Waals surface area contributed by atoms with Crippen LogP contribution in [0.25, 0.3) is 0 Å². The lowest BCUT2D eigenvalue weighted by molar-refractivity contribution is -0.122. The van der Waals surface area contributed by atoms with Crippen LogP contribution in [-0.4, -0.2) is 24.2 Å². The normalized spacial score (nSPS) is 26.3. The molecule has 0 aromatic rings. The quantitative estimate of drug-likeness (QED) is 0.683. The second-order valence-electron chi connectivity index (χ2n) is 4.77. The van der Waals surface area contributed by atoms with Gasteiger partial charge >= 0.3 is 0 Å². The van der Waals surface area contributed by atoms with Gasteiger partial charge in [-0.25, -0.2) is 0 Å². The van der Waals surface area contributed by atoms with Crippen molar-refractivity contribution >= 4 is 5.91 Å². The van der Waals surface area contributed by atoms with Crippen LogP contribution in [0.15, 0.2) is 0 Å². The third kappa shape index (κ3) is 5.17. The van der Waals surface area contributed by atoms with Crippen molar-refractivity contribution in [2.45, 2.75) is 45.4 Å². The summed E-state index contributed by atoms with van der Waals surface area (Å²) < 4.78 is 0. The Morgan fingerprint density at radius 1 is 1.47 bits per heavy atom. The Hall–Kier alpha value is -0.570. The molecular weight excluding hydrogens is 190 g/mol. The van der Waals surface area contributed by atoms with E-state index in [0.29, 0.717) is 25.3 Å². The van der Waals surface area contributed by atoms with Crippen LogP contribution in [0.4, 0.5) is 0 Å². The van der Waals surface area contributed by atoms with Crippen molar-refractivity contribution in [3.63, 3.8) is 0 Å². The summed E-state index contributed by atoms with van der Waals surface area (Å²) >= 11 is 0. The molecule has 1 aliphatic rings. The summed E-state index contributed by atoms with van der Waals surface area (Å²) in [7, 11) is 0. The summed E-state index contributed by atoms with van der Waals surface area (Å²) in [6.45, 7) is 3.04. The predicted octanol–water partition coefficient (Wildman–Crippen LogP) is 1.70. The first-order valence-electron chi connectivity index (χ1n) is 6.10. The number of hydrogen-bond acceptors (Lipinski definition) is 2. The van der Waals surface area contributed by atoms with E-state index in [1.54, 1.807) is 0 Å². The molecule has 0 aromatic carbocycles. The highest BCUT2D eigenvalue weighted by atomic mass is 16.3. The zero-order valence-corrected chi connectivity index (χ0v) is 9.67. The zero-order valence-electron chi connectivity index (χ0n) is 9.67. The van der Waals surface area contributed by atoms with Gasteiger partial charge in [-0.15, -0.1) is 0 Å². The summed E-state index contributed by atoms with van der Waals surface area (Å²) in [6.07, 6.45) is 6.34. The lowest BCUT2D eigenvalue weighted by Crippen LogP contribution is -2.28. The molecule has 3 heteroatoms. The number of amides is 1. The predicted molar refractivity (Wildman–Crippen MR) is 60.5 cm³/mol. The molecule has 1 aliphatic carbocycles. The monoisotopic (exact) mass is 213 g/mol.